The summed E-state index contributed by atoms with van der Waals surface area (Å²) >= 11 is 0. The largest absolute Gasteiger partial charge is 0.469 e. The van der Waals surface area contributed by atoms with E-state index >= 15 is 0 Å². The van der Waals surface area contributed by atoms with Gasteiger partial charge in [0.05, 0.1) is 13.2 Å². The molecule has 0 aromatic heterocycles. The van der Waals surface area contributed by atoms with Crippen molar-refractivity contribution in [1.82, 2.24) is 0 Å². The molecule has 0 aromatic rings. The third-order valence-electron chi connectivity index (χ3n) is 5.72. The van der Waals surface area contributed by atoms with Crippen LogP contribution in [0.1, 0.15) is 51.4 Å². The zero-order chi connectivity index (χ0) is 16.9. The van der Waals surface area contributed by atoms with Crippen molar-refractivity contribution in [1.29, 1.82) is 0 Å². The van der Waals surface area contributed by atoms with Gasteiger partial charge in [-0.1, -0.05) is 11.6 Å². The molecule has 0 bridgehead atoms. The number of hydrogen-bond acceptors (Lipinski definition) is 5. The van der Waals surface area contributed by atoms with Gasteiger partial charge in [0.15, 0.2) is 6.29 Å². The first-order chi connectivity index (χ1) is 11.7. The van der Waals surface area contributed by atoms with Crippen molar-refractivity contribution in [3.8, 4) is 0 Å². The normalized spacial score (nSPS) is 37.4. The van der Waals surface area contributed by atoms with Crippen molar-refractivity contribution in [2.24, 2.45) is 17.8 Å². The molecule has 24 heavy (non-hydrogen) atoms. The lowest BCUT2D eigenvalue weighted by atomic mass is 9.92. The maximum atomic E-state index is 11.6. The van der Waals surface area contributed by atoms with Crippen LogP contribution in [0.25, 0.3) is 0 Å². The first kappa shape index (κ1) is 17.6. The maximum absolute atomic E-state index is 11.6. The molecule has 0 amide bonds. The Labute approximate surface area is 143 Å². The van der Waals surface area contributed by atoms with Gasteiger partial charge in [-0.25, -0.2) is 0 Å². The molecule has 3 aliphatic rings. The molecule has 134 valence electrons. The number of esters is 1. The lowest BCUT2D eigenvalue weighted by Crippen LogP contribution is -2.32. The molecule has 0 radical (unpaired) electrons. The number of carbonyl (C=O) groups excluding carboxylic acids is 2. The molecule has 1 heterocycles. The third-order valence-corrected chi connectivity index (χ3v) is 5.72. The van der Waals surface area contributed by atoms with Crippen LogP contribution in [0, 0.1) is 17.8 Å². The van der Waals surface area contributed by atoms with E-state index in [1.807, 2.05) is 0 Å². The molecule has 1 aliphatic heterocycles. The Kier molecular flexibility index (Phi) is 6.06. The topological polar surface area (TPSA) is 61.8 Å². The highest BCUT2D eigenvalue weighted by molar-refractivity contribution is 5.69. The zero-order valence-electron chi connectivity index (χ0n) is 14.4. The standard InChI is InChI=1S/C19H28O5/c1-22-18(21)6-4-5-13-9-14-11-17(16(12-20)15(14)10-13)24-19-7-2-3-8-23-19/h5,12,14-17,19H,2-4,6-11H2,1H3/b13-5+/t14-,15-,16+,17+,19?/m0/s1. The van der Waals surface area contributed by atoms with Gasteiger partial charge in [0.25, 0.3) is 0 Å². The Morgan fingerprint density at radius 2 is 2.21 bits per heavy atom. The van der Waals surface area contributed by atoms with Gasteiger partial charge in [0, 0.05) is 18.9 Å². The predicted molar refractivity (Wildman–Crippen MR) is 88.2 cm³/mol. The van der Waals surface area contributed by atoms with Crippen LogP contribution < -0.4 is 0 Å². The molecule has 1 saturated heterocycles. The molecule has 0 spiro atoms. The summed E-state index contributed by atoms with van der Waals surface area (Å²) in [5.41, 5.74) is 1.38. The Morgan fingerprint density at radius 1 is 1.33 bits per heavy atom. The van der Waals surface area contributed by atoms with Crippen LogP contribution in [0.4, 0.5) is 0 Å². The van der Waals surface area contributed by atoms with E-state index in [0.717, 1.165) is 57.8 Å². The second-order valence-electron chi connectivity index (χ2n) is 7.23. The molecule has 0 aromatic carbocycles. The number of fused-ring (bicyclic) bond motifs is 1. The summed E-state index contributed by atoms with van der Waals surface area (Å²) in [5.74, 6) is 0.724. The number of methoxy groups -OCH3 is 1. The number of allylic oxidation sites excluding steroid dienone is 2. The second-order valence-corrected chi connectivity index (χ2v) is 7.23. The highest BCUT2D eigenvalue weighted by Gasteiger charge is 2.48. The average Bonchev–Trinajstić information content (AvgIpc) is 3.12. The molecule has 5 heteroatoms. The fraction of sp³-hybridized carbons (Fsp3) is 0.789. The lowest BCUT2D eigenvalue weighted by molar-refractivity contribution is -0.194. The van der Waals surface area contributed by atoms with Gasteiger partial charge in [0.2, 0.25) is 0 Å². The highest BCUT2D eigenvalue weighted by atomic mass is 16.7. The molecular formula is C19H28O5. The van der Waals surface area contributed by atoms with Crippen molar-refractivity contribution < 1.29 is 23.8 Å². The Morgan fingerprint density at radius 3 is 2.92 bits per heavy atom. The van der Waals surface area contributed by atoms with E-state index in [2.05, 4.69) is 10.8 Å². The average molecular weight is 336 g/mol. The molecule has 5 atom stereocenters. The summed E-state index contributed by atoms with van der Waals surface area (Å²) in [6, 6.07) is 0. The van der Waals surface area contributed by atoms with Crippen molar-refractivity contribution >= 4 is 12.3 Å². The smallest absolute Gasteiger partial charge is 0.305 e. The van der Waals surface area contributed by atoms with E-state index in [1.165, 1.54) is 12.7 Å². The zero-order valence-corrected chi connectivity index (χ0v) is 14.4. The van der Waals surface area contributed by atoms with Crippen LogP contribution in [0.15, 0.2) is 11.6 Å². The minimum atomic E-state index is -0.170. The first-order valence-electron chi connectivity index (χ1n) is 9.18. The van der Waals surface area contributed by atoms with E-state index in [0.29, 0.717) is 18.3 Å². The lowest BCUT2D eigenvalue weighted by Gasteiger charge is -2.28. The van der Waals surface area contributed by atoms with Crippen LogP contribution >= 0.6 is 0 Å². The van der Waals surface area contributed by atoms with Crippen LogP contribution in [-0.2, 0) is 23.8 Å². The monoisotopic (exact) mass is 336 g/mol. The Balaban J connectivity index is 1.52. The Hall–Kier alpha value is -1.20. The molecule has 2 saturated carbocycles. The molecular weight excluding hydrogens is 308 g/mol. The highest BCUT2D eigenvalue weighted by Crippen LogP contribution is 2.50. The van der Waals surface area contributed by atoms with E-state index in [4.69, 9.17) is 9.47 Å². The Bertz CT molecular complexity index is 480. The fourth-order valence-corrected chi connectivity index (χ4v) is 4.49. The van der Waals surface area contributed by atoms with Gasteiger partial charge < -0.3 is 19.0 Å². The van der Waals surface area contributed by atoms with Crippen molar-refractivity contribution in [2.45, 2.75) is 63.8 Å². The van der Waals surface area contributed by atoms with Gasteiger partial charge in [-0.05, 0) is 56.8 Å². The van der Waals surface area contributed by atoms with Crippen LogP contribution in [0.2, 0.25) is 0 Å². The summed E-state index contributed by atoms with van der Waals surface area (Å²) in [5, 5.41) is 0. The SMILES string of the molecule is COC(=O)CC/C=C1\C[C@H]2C[C@@H](OC3CCCCO3)[C@H](C=O)[C@H]2C1. The van der Waals surface area contributed by atoms with Gasteiger partial charge in [-0.3, -0.25) is 4.79 Å². The summed E-state index contributed by atoms with van der Waals surface area (Å²) in [4.78, 5) is 22.8. The number of aldehydes is 1. The van der Waals surface area contributed by atoms with E-state index in [1.54, 1.807) is 0 Å². The van der Waals surface area contributed by atoms with Gasteiger partial charge >= 0.3 is 5.97 Å². The molecule has 0 N–H and O–H groups in total. The molecule has 1 unspecified atom stereocenters. The summed E-state index contributed by atoms with van der Waals surface area (Å²) in [6.45, 7) is 0.767. The number of carbonyl (C=O) groups is 2. The molecule has 3 rings (SSSR count). The maximum Gasteiger partial charge on any atom is 0.305 e. The predicted octanol–water partition coefficient (Wildman–Crippen LogP) is 3.02. The minimum absolute atomic E-state index is 0.0113. The van der Waals surface area contributed by atoms with Crippen molar-refractivity contribution in [3.63, 3.8) is 0 Å². The van der Waals surface area contributed by atoms with E-state index < -0.39 is 0 Å². The second kappa shape index (κ2) is 8.26. The van der Waals surface area contributed by atoms with E-state index in [9.17, 15) is 9.59 Å². The summed E-state index contributed by atoms with van der Waals surface area (Å²) in [6.07, 6.45) is 10.4. The quantitative estimate of drug-likeness (QED) is 0.424. The van der Waals surface area contributed by atoms with Crippen molar-refractivity contribution in [3.05, 3.63) is 11.6 Å². The van der Waals surface area contributed by atoms with Crippen molar-refractivity contribution in [2.75, 3.05) is 13.7 Å². The summed E-state index contributed by atoms with van der Waals surface area (Å²) in [7, 11) is 1.42. The van der Waals surface area contributed by atoms with Crippen LogP contribution in [0.5, 0.6) is 0 Å². The van der Waals surface area contributed by atoms with E-state index in [-0.39, 0.29) is 24.3 Å². The summed E-state index contributed by atoms with van der Waals surface area (Å²) < 4.78 is 16.5. The van der Waals surface area contributed by atoms with Gasteiger partial charge in [0.1, 0.15) is 6.29 Å². The van der Waals surface area contributed by atoms with Crippen LogP contribution in [-0.4, -0.2) is 38.4 Å². The molecule has 2 aliphatic carbocycles. The number of rotatable bonds is 6. The molecule has 3 fully saturated rings. The minimum Gasteiger partial charge on any atom is -0.469 e. The van der Waals surface area contributed by atoms with Crippen LogP contribution in [0.3, 0.4) is 0 Å². The fourth-order valence-electron chi connectivity index (χ4n) is 4.49. The number of ether oxygens (including phenoxy) is 3. The number of hydrogen-bond donors (Lipinski definition) is 0. The van der Waals surface area contributed by atoms with Gasteiger partial charge in [-0.2, -0.15) is 0 Å². The third kappa shape index (κ3) is 4.06. The molecule has 5 nitrogen and oxygen atoms in total. The first-order valence-corrected chi connectivity index (χ1v) is 9.18. The van der Waals surface area contributed by atoms with Gasteiger partial charge in [-0.15, -0.1) is 0 Å².